The molecule has 2 aromatic carbocycles. The van der Waals surface area contributed by atoms with E-state index < -0.39 is 35.4 Å². The number of carbonyl (C=O) groups excluding carboxylic acids is 3. The zero-order chi connectivity index (χ0) is 41.0. The number of carboxylic acid groups (broad SMARTS) is 3. The van der Waals surface area contributed by atoms with Gasteiger partial charge in [-0.1, -0.05) is 51.3 Å². The highest BCUT2D eigenvalue weighted by molar-refractivity contribution is 9.10. The molecule has 56 heavy (non-hydrogen) atoms. The molecule has 0 unspecified atom stereocenters. The van der Waals surface area contributed by atoms with Crippen molar-refractivity contribution in [3.63, 3.8) is 0 Å². The Kier molecular flexibility index (Phi) is 16.9. The minimum Gasteiger partial charge on any atom is -0.480 e. The number of rotatable bonds is 16. The molecule has 0 radical (unpaired) electrons. The van der Waals surface area contributed by atoms with Crippen LogP contribution in [0.2, 0.25) is 10.0 Å². The molecule has 0 bridgehead atoms. The molecule has 2 aromatic rings. The minimum absolute atomic E-state index is 0.0194. The van der Waals surface area contributed by atoms with Crippen molar-refractivity contribution in [3.8, 4) is 0 Å². The number of unbranched alkanes of at least 4 members (excludes halogenated alkanes) is 1. The second kappa shape index (κ2) is 21.1. The van der Waals surface area contributed by atoms with Crippen molar-refractivity contribution in [1.82, 2.24) is 29.8 Å². The van der Waals surface area contributed by atoms with Gasteiger partial charge >= 0.3 is 23.9 Å². The van der Waals surface area contributed by atoms with Gasteiger partial charge in [-0.05, 0) is 55.7 Å². The third-order valence-electron chi connectivity index (χ3n) is 9.75. The largest absolute Gasteiger partial charge is 0.480 e. The molecule has 0 aromatic heterocycles. The highest BCUT2D eigenvalue weighted by Gasteiger charge is 2.54. The summed E-state index contributed by atoms with van der Waals surface area (Å²) in [5.41, 5.74) is -0.0888. The Morgan fingerprint density at radius 2 is 1.16 bits per heavy atom. The second-order valence-electron chi connectivity index (χ2n) is 14.1. The van der Waals surface area contributed by atoms with E-state index in [9.17, 15) is 44.1 Å². The van der Waals surface area contributed by atoms with E-state index in [0.29, 0.717) is 39.0 Å². The smallest absolute Gasteiger partial charge is 0.332 e. The van der Waals surface area contributed by atoms with Gasteiger partial charge in [-0.3, -0.25) is 43.6 Å². The van der Waals surface area contributed by atoms with Gasteiger partial charge < -0.3 is 25.5 Å². The van der Waals surface area contributed by atoms with Gasteiger partial charge in [0.2, 0.25) is 5.91 Å². The molecule has 0 saturated carbocycles. The fourth-order valence-electron chi connectivity index (χ4n) is 6.85. The standard InChI is InChI=1S/C37H48BrCl2N7O9/c1-37(21-26-4-6-27(38)7-5-26)35(55)47(30-19-28(39)18-29(40)20-30)36(56)46(37)9-3-2-8-41-31(48)22-42-10-12-43(23-32(49)50)14-16-45(25-34(53)54)17-15-44(13-11-42)24-33(51)52/h4-7,18-20H,2-3,8-17,21-25H2,1H3,(H,41,48)(H,49,50)(H,51,52)(H,53,54)/t37-/m0/s1. The molecule has 306 valence electrons. The van der Waals surface area contributed by atoms with Gasteiger partial charge in [-0.25, -0.2) is 9.69 Å². The van der Waals surface area contributed by atoms with Crippen LogP contribution in [-0.2, 0) is 30.4 Å². The summed E-state index contributed by atoms with van der Waals surface area (Å²) in [4.78, 5) is 85.3. The summed E-state index contributed by atoms with van der Waals surface area (Å²) < 4.78 is 0.879. The number of nitrogens with zero attached hydrogens (tertiary/aromatic N) is 6. The Hall–Kier alpha value is -3.84. The lowest BCUT2D eigenvalue weighted by molar-refractivity contribution is -0.140. The van der Waals surface area contributed by atoms with Gasteiger partial charge in [0.15, 0.2) is 0 Å². The molecule has 4 amide bonds. The monoisotopic (exact) mass is 883 g/mol. The molecule has 16 nitrogen and oxygen atoms in total. The van der Waals surface area contributed by atoms with Gasteiger partial charge in [-0.2, -0.15) is 0 Å². The molecular weight excluding hydrogens is 837 g/mol. The van der Waals surface area contributed by atoms with Crippen LogP contribution in [0.3, 0.4) is 0 Å². The second-order valence-corrected chi connectivity index (χ2v) is 15.9. The number of carbonyl (C=O) groups is 6. The van der Waals surface area contributed by atoms with Crippen molar-refractivity contribution in [2.24, 2.45) is 0 Å². The third-order valence-corrected chi connectivity index (χ3v) is 10.7. The number of hydrogen-bond donors (Lipinski definition) is 4. The van der Waals surface area contributed by atoms with Crippen LogP contribution in [0.5, 0.6) is 0 Å². The zero-order valence-electron chi connectivity index (χ0n) is 31.2. The number of aliphatic carboxylic acids is 3. The van der Waals surface area contributed by atoms with E-state index in [1.807, 2.05) is 29.2 Å². The van der Waals surface area contributed by atoms with E-state index in [1.54, 1.807) is 26.5 Å². The topological polar surface area (TPSA) is 195 Å². The van der Waals surface area contributed by atoms with Gasteiger partial charge in [0.1, 0.15) is 5.54 Å². The van der Waals surface area contributed by atoms with E-state index in [1.165, 1.54) is 18.2 Å². The molecule has 4 rings (SSSR count). The summed E-state index contributed by atoms with van der Waals surface area (Å²) in [7, 11) is 0. The van der Waals surface area contributed by atoms with E-state index in [-0.39, 0.29) is 93.5 Å². The lowest BCUT2D eigenvalue weighted by Crippen LogP contribution is -2.50. The normalized spacial score (nSPS) is 19.8. The fraction of sp³-hybridized carbons (Fsp3) is 0.514. The van der Waals surface area contributed by atoms with Crippen molar-refractivity contribution >= 4 is 80.6 Å². The molecule has 19 heteroatoms. The lowest BCUT2D eigenvalue weighted by Gasteiger charge is -2.33. The van der Waals surface area contributed by atoms with Crippen LogP contribution in [0, 0.1) is 0 Å². The third kappa shape index (κ3) is 13.4. The first-order chi connectivity index (χ1) is 26.5. The van der Waals surface area contributed by atoms with Gasteiger partial charge in [0, 0.05) is 86.4 Å². The number of anilines is 1. The maximum absolute atomic E-state index is 14.0. The fourth-order valence-corrected chi connectivity index (χ4v) is 7.63. The number of carboxylic acids is 3. The van der Waals surface area contributed by atoms with Crippen LogP contribution in [0.1, 0.15) is 25.3 Å². The average Bonchev–Trinajstić information content (AvgIpc) is 3.28. The number of benzene rings is 2. The molecular formula is C37H48BrCl2N7O9. The van der Waals surface area contributed by atoms with Crippen LogP contribution >= 0.6 is 39.1 Å². The van der Waals surface area contributed by atoms with Crippen molar-refractivity contribution < 1.29 is 44.1 Å². The first-order valence-electron chi connectivity index (χ1n) is 18.2. The quantitative estimate of drug-likeness (QED) is 0.142. The first kappa shape index (κ1) is 44.9. The summed E-state index contributed by atoms with van der Waals surface area (Å²) >= 11 is 15.9. The predicted molar refractivity (Wildman–Crippen MR) is 213 cm³/mol. The Morgan fingerprint density at radius 3 is 1.61 bits per heavy atom. The molecule has 1 atom stereocenters. The Balaban J connectivity index is 1.38. The maximum atomic E-state index is 14.0. The van der Waals surface area contributed by atoms with Crippen LogP contribution in [0.4, 0.5) is 10.5 Å². The van der Waals surface area contributed by atoms with Crippen LogP contribution < -0.4 is 10.2 Å². The summed E-state index contributed by atoms with van der Waals surface area (Å²) in [5.74, 6) is -3.80. The molecule has 2 fully saturated rings. The molecule has 2 saturated heterocycles. The van der Waals surface area contributed by atoms with Crippen molar-refractivity contribution in [2.45, 2.75) is 31.7 Å². The van der Waals surface area contributed by atoms with Crippen molar-refractivity contribution in [1.29, 1.82) is 0 Å². The predicted octanol–water partition coefficient (Wildman–Crippen LogP) is 2.90. The Labute approximate surface area is 344 Å². The number of imide groups is 1. The van der Waals surface area contributed by atoms with E-state index in [4.69, 9.17) is 23.2 Å². The molecule has 2 aliphatic heterocycles. The molecule has 2 aliphatic rings. The van der Waals surface area contributed by atoms with Gasteiger partial charge in [0.25, 0.3) is 5.91 Å². The first-order valence-corrected chi connectivity index (χ1v) is 19.8. The number of halogens is 3. The van der Waals surface area contributed by atoms with E-state index >= 15 is 0 Å². The number of urea groups is 1. The molecule has 4 N–H and O–H groups in total. The lowest BCUT2D eigenvalue weighted by atomic mass is 9.91. The molecule has 0 aliphatic carbocycles. The van der Waals surface area contributed by atoms with Crippen LogP contribution in [0.25, 0.3) is 0 Å². The molecule has 0 spiro atoms. The van der Waals surface area contributed by atoms with Crippen molar-refractivity contribution in [3.05, 3.63) is 62.5 Å². The highest BCUT2D eigenvalue weighted by Crippen LogP contribution is 2.37. The SMILES string of the molecule is C[C@]1(Cc2ccc(Br)cc2)C(=O)N(c2cc(Cl)cc(Cl)c2)C(=O)N1CCCCNC(=O)CN1CCN(CC(=O)O)CCN(CC(=O)O)CCN(CC(=O)O)CC1. The van der Waals surface area contributed by atoms with Crippen LogP contribution in [-0.4, -0.2) is 173 Å². The van der Waals surface area contributed by atoms with Gasteiger partial charge in [0.05, 0.1) is 31.9 Å². The number of hydrogen-bond acceptors (Lipinski definition) is 10. The summed E-state index contributed by atoms with van der Waals surface area (Å²) in [6.07, 6.45) is 1.22. The maximum Gasteiger partial charge on any atom is 0.332 e. The van der Waals surface area contributed by atoms with Crippen molar-refractivity contribution in [2.75, 3.05) is 96.5 Å². The summed E-state index contributed by atoms with van der Waals surface area (Å²) in [6, 6.07) is 11.6. The van der Waals surface area contributed by atoms with Crippen LogP contribution in [0.15, 0.2) is 46.9 Å². The minimum atomic E-state index is -1.22. The average molecular weight is 886 g/mol. The highest BCUT2D eigenvalue weighted by atomic mass is 79.9. The Bertz CT molecular complexity index is 1690. The van der Waals surface area contributed by atoms with E-state index in [2.05, 4.69) is 21.2 Å². The molecule has 2 heterocycles. The summed E-state index contributed by atoms with van der Waals surface area (Å²) in [5, 5.41) is 31.8. The Morgan fingerprint density at radius 1 is 0.714 bits per heavy atom. The summed E-state index contributed by atoms with van der Waals surface area (Å²) in [6.45, 7) is 3.76. The number of amides is 4. The number of nitrogens with one attached hydrogen (secondary N) is 1. The zero-order valence-corrected chi connectivity index (χ0v) is 34.3. The van der Waals surface area contributed by atoms with E-state index in [0.717, 1.165) is 14.9 Å². The van der Waals surface area contributed by atoms with Gasteiger partial charge in [-0.15, -0.1) is 0 Å².